The Morgan fingerprint density at radius 1 is 1.06 bits per heavy atom. The summed E-state index contributed by atoms with van der Waals surface area (Å²) in [5.74, 6) is 2.03. The maximum Gasteiger partial charge on any atom is 0.133 e. The monoisotopic (exact) mass is 252 g/mol. The molecule has 0 spiro atoms. The van der Waals surface area contributed by atoms with Crippen LogP contribution in [0.15, 0.2) is 18.2 Å². The zero-order valence-electron chi connectivity index (χ0n) is 11.6. The molecule has 0 N–H and O–H groups in total. The molecule has 18 heavy (non-hydrogen) atoms. The van der Waals surface area contributed by atoms with Crippen molar-refractivity contribution in [1.29, 1.82) is 0 Å². The zero-order chi connectivity index (χ0) is 13.8. The Morgan fingerprint density at radius 3 is 1.89 bits per heavy atom. The minimum atomic E-state index is -0.552. The quantitative estimate of drug-likeness (QED) is 0.781. The number of methoxy groups -OCH3 is 2. The average Bonchev–Trinajstić information content (AvgIpc) is 2.25. The van der Waals surface area contributed by atoms with Gasteiger partial charge in [0.05, 0.1) is 14.2 Å². The molecule has 0 fully saturated rings. The first kappa shape index (κ1) is 14.4. The topological polar surface area (TPSA) is 44.8 Å². The SMILES string of the molecule is COc1cc(OC)cc(OC(C)(C)CC(C)=O)c1. The second-order valence-corrected chi connectivity index (χ2v) is 4.79. The van der Waals surface area contributed by atoms with Crippen molar-refractivity contribution in [2.24, 2.45) is 0 Å². The number of ether oxygens (including phenoxy) is 3. The molecule has 0 aliphatic rings. The number of hydrogen-bond acceptors (Lipinski definition) is 4. The highest BCUT2D eigenvalue weighted by molar-refractivity contribution is 5.76. The lowest BCUT2D eigenvalue weighted by Crippen LogP contribution is -2.30. The van der Waals surface area contributed by atoms with Crippen molar-refractivity contribution in [1.82, 2.24) is 0 Å². The summed E-state index contributed by atoms with van der Waals surface area (Å²) in [6.45, 7) is 5.30. The summed E-state index contributed by atoms with van der Waals surface area (Å²) in [5.41, 5.74) is -0.552. The Bertz CT molecular complexity index is 402. The molecule has 0 aliphatic carbocycles. The van der Waals surface area contributed by atoms with Crippen molar-refractivity contribution < 1.29 is 19.0 Å². The molecule has 0 aromatic heterocycles. The lowest BCUT2D eigenvalue weighted by Gasteiger charge is -2.25. The summed E-state index contributed by atoms with van der Waals surface area (Å²) in [4.78, 5) is 11.2. The molecule has 0 heterocycles. The lowest BCUT2D eigenvalue weighted by molar-refractivity contribution is -0.120. The molecule has 4 nitrogen and oxygen atoms in total. The first-order valence-electron chi connectivity index (χ1n) is 5.78. The lowest BCUT2D eigenvalue weighted by atomic mass is 10.0. The fourth-order valence-corrected chi connectivity index (χ4v) is 1.79. The number of carbonyl (C=O) groups excluding carboxylic acids is 1. The fraction of sp³-hybridized carbons (Fsp3) is 0.500. The molecule has 0 radical (unpaired) electrons. The van der Waals surface area contributed by atoms with Crippen molar-refractivity contribution in [3.8, 4) is 17.2 Å². The van der Waals surface area contributed by atoms with E-state index in [9.17, 15) is 4.79 Å². The van der Waals surface area contributed by atoms with E-state index in [2.05, 4.69) is 0 Å². The first-order valence-corrected chi connectivity index (χ1v) is 5.78. The minimum absolute atomic E-state index is 0.0925. The van der Waals surface area contributed by atoms with Crippen LogP contribution in [0, 0.1) is 0 Å². The Balaban J connectivity index is 2.92. The highest BCUT2D eigenvalue weighted by Crippen LogP contribution is 2.30. The van der Waals surface area contributed by atoms with Gasteiger partial charge >= 0.3 is 0 Å². The molecular formula is C14H20O4. The number of rotatable bonds is 6. The Hall–Kier alpha value is -1.71. The molecule has 0 aliphatic heterocycles. The van der Waals surface area contributed by atoms with Gasteiger partial charge in [-0.3, -0.25) is 4.79 Å². The molecule has 0 saturated heterocycles. The van der Waals surface area contributed by atoms with Crippen LogP contribution in [-0.2, 0) is 4.79 Å². The number of carbonyl (C=O) groups is 1. The van der Waals surface area contributed by atoms with E-state index in [0.29, 0.717) is 23.7 Å². The maximum absolute atomic E-state index is 11.2. The van der Waals surface area contributed by atoms with Gasteiger partial charge in [0.2, 0.25) is 0 Å². The van der Waals surface area contributed by atoms with Crippen molar-refractivity contribution in [2.45, 2.75) is 32.8 Å². The van der Waals surface area contributed by atoms with Crippen molar-refractivity contribution in [3.05, 3.63) is 18.2 Å². The van der Waals surface area contributed by atoms with Crippen molar-refractivity contribution in [2.75, 3.05) is 14.2 Å². The molecule has 0 atom stereocenters. The van der Waals surface area contributed by atoms with Crippen molar-refractivity contribution >= 4 is 5.78 Å². The van der Waals surface area contributed by atoms with Crippen LogP contribution in [0.4, 0.5) is 0 Å². The second-order valence-electron chi connectivity index (χ2n) is 4.79. The number of Topliss-reactive ketones (excluding diaryl/α,β-unsaturated/α-hetero) is 1. The number of hydrogen-bond donors (Lipinski definition) is 0. The zero-order valence-corrected chi connectivity index (χ0v) is 11.6. The number of benzene rings is 1. The molecule has 0 bridgehead atoms. The van der Waals surface area contributed by atoms with Crippen LogP contribution >= 0.6 is 0 Å². The van der Waals surface area contributed by atoms with Crippen LogP contribution in [-0.4, -0.2) is 25.6 Å². The van der Waals surface area contributed by atoms with E-state index in [0.717, 1.165) is 0 Å². The molecule has 1 rings (SSSR count). The maximum atomic E-state index is 11.2. The van der Waals surface area contributed by atoms with Crippen LogP contribution < -0.4 is 14.2 Å². The summed E-state index contributed by atoms with van der Waals surface area (Å²) < 4.78 is 16.1. The summed E-state index contributed by atoms with van der Waals surface area (Å²) in [5, 5.41) is 0. The molecule has 100 valence electrons. The van der Waals surface area contributed by atoms with Gasteiger partial charge in [0.15, 0.2) is 0 Å². The van der Waals surface area contributed by atoms with Gasteiger partial charge in [-0.15, -0.1) is 0 Å². The summed E-state index contributed by atoms with van der Waals surface area (Å²) in [6.07, 6.45) is 0.354. The average molecular weight is 252 g/mol. The summed E-state index contributed by atoms with van der Waals surface area (Å²) >= 11 is 0. The fourth-order valence-electron chi connectivity index (χ4n) is 1.79. The molecule has 0 unspecified atom stereocenters. The molecular weight excluding hydrogens is 232 g/mol. The van der Waals surface area contributed by atoms with Gasteiger partial charge < -0.3 is 14.2 Å². The Kier molecular flexibility index (Phi) is 4.59. The third kappa shape index (κ3) is 4.28. The van der Waals surface area contributed by atoms with Crippen LogP contribution in [0.5, 0.6) is 17.2 Å². The molecule has 0 saturated carbocycles. The predicted octanol–water partition coefficient (Wildman–Crippen LogP) is 2.84. The largest absolute Gasteiger partial charge is 0.496 e. The Morgan fingerprint density at radius 2 is 1.50 bits per heavy atom. The highest BCUT2D eigenvalue weighted by atomic mass is 16.5. The second kappa shape index (κ2) is 5.76. The van der Waals surface area contributed by atoms with E-state index in [-0.39, 0.29) is 5.78 Å². The predicted molar refractivity (Wildman–Crippen MR) is 69.6 cm³/mol. The van der Waals surface area contributed by atoms with Gasteiger partial charge in [0, 0.05) is 24.6 Å². The Labute approximate surface area is 108 Å². The van der Waals surface area contributed by atoms with Crippen molar-refractivity contribution in [3.63, 3.8) is 0 Å². The van der Waals surface area contributed by atoms with E-state index in [1.165, 1.54) is 0 Å². The summed E-state index contributed by atoms with van der Waals surface area (Å²) in [7, 11) is 3.17. The van der Waals surface area contributed by atoms with Crippen LogP contribution in [0.1, 0.15) is 27.2 Å². The third-order valence-electron chi connectivity index (χ3n) is 2.39. The van der Waals surface area contributed by atoms with Crippen LogP contribution in [0.2, 0.25) is 0 Å². The van der Waals surface area contributed by atoms with Gasteiger partial charge in [-0.2, -0.15) is 0 Å². The van der Waals surface area contributed by atoms with Gasteiger partial charge in [-0.1, -0.05) is 0 Å². The normalized spacial score (nSPS) is 10.9. The van der Waals surface area contributed by atoms with E-state index in [1.807, 2.05) is 13.8 Å². The van der Waals surface area contributed by atoms with E-state index in [4.69, 9.17) is 14.2 Å². The van der Waals surface area contributed by atoms with E-state index in [1.54, 1.807) is 39.3 Å². The van der Waals surface area contributed by atoms with Crippen LogP contribution in [0.3, 0.4) is 0 Å². The minimum Gasteiger partial charge on any atom is -0.496 e. The van der Waals surface area contributed by atoms with Gasteiger partial charge in [0.1, 0.15) is 28.6 Å². The standard InChI is InChI=1S/C14H20O4/c1-10(15)9-14(2,3)18-13-7-11(16-4)6-12(8-13)17-5/h6-8H,9H2,1-5H3. The summed E-state index contributed by atoms with van der Waals surface area (Å²) in [6, 6.07) is 5.31. The van der Waals surface area contributed by atoms with Crippen LogP contribution in [0.25, 0.3) is 0 Å². The molecule has 1 aromatic rings. The molecule has 0 amide bonds. The van der Waals surface area contributed by atoms with E-state index < -0.39 is 5.60 Å². The molecule has 1 aromatic carbocycles. The van der Waals surface area contributed by atoms with E-state index >= 15 is 0 Å². The molecule has 4 heteroatoms. The number of ketones is 1. The van der Waals surface area contributed by atoms with Gasteiger partial charge in [-0.05, 0) is 20.8 Å². The first-order chi connectivity index (χ1) is 8.36. The third-order valence-corrected chi connectivity index (χ3v) is 2.39. The van der Waals surface area contributed by atoms with Gasteiger partial charge in [0.25, 0.3) is 0 Å². The smallest absolute Gasteiger partial charge is 0.133 e. The van der Waals surface area contributed by atoms with Gasteiger partial charge in [-0.25, -0.2) is 0 Å². The highest BCUT2D eigenvalue weighted by Gasteiger charge is 2.22.